The Labute approximate surface area is 165 Å². The summed E-state index contributed by atoms with van der Waals surface area (Å²) in [6.45, 7) is 1.42. The smallest absolute Gasteiger partial charge is 0.265 e. The molecule has 3 aromatic rings. The van der Waals surface area contributed by atoms with Crippen molar-refractivity contribution in [3.63, 3.8) is 0 Å². The number of amides is 1. The lowest BCUT2D eigenvalue weighted by Gasteiger charge is -2.28. The van der Waals surface area contributed by atoms with E-state index in [1.165, 1.54) is 41.3 Å². The van der Waals surface area contributed by atoms with Crippen LogP contribution in [-0.4, -0.2) is 31.1 Å². The first-order chi connectivity index (χ1) is 13.8. The van der Waals surface area contributed by atoms with Crippen LogP contribution in [0.3, 0.4) is 0 Å². The van der Waals surface area contributed by atoms with Gasteiger partial charge in [0, 0.05) is 6.92 Å². The summed E-state index contributed by atoms with van der Waals surface area (Å²) in [4.78, 5) is 17.6. The van der Waals surface area contributed by atoms with E-state index >= 15 is 0 Å². The van der Waals surface area contributed by atoms with E-state index in [1.807, 2.05) is 0 Å². The summed E-state index contributed by atoms with van der Waals surface area (Å²) in [7, 11) is -4.03. The molecule has 2 heterocycles. The molecular formula is C18H15FN4O5S. The van der Waals surface area contributed by atoms with Gasteiger partial charge in [-0.15, -0.1) is 0 Å². The van der Waals surface area contributed by atoms with Gasteiger partial charge in [0.1, 0.15) is 11.6 Å². The second kappa shape index (κ2) is 7.17. The van der Waals surface area contributed by atoms with Crippen molar-refractivity contribution in [1.82, 2.24) is 10.1 Å². The molecule has 0 saturated heterocycles. The topological polar surface area (TPSA) is 115 Å². The second-order valence-corrected chi connectivity index (χ2v) is 7.93. The Morgan fingerprint density at radius 2 is 2.07 bits per heavy atom. The Kier molecular flexibility index (Phi) is 4.66. The number of hydrogen-bond acceptors (Lipinski definition) is 7. The molecule has 2 aromatic carbocycles. The van der Waals surface area contributed by atoms with Crippen LogP contribution >= 0.6 is 0 Å². The summed E-state index contributed by atoms with van der Waals surface area (Å²) >= 11 is 0. The highest BCUT2D eigenvalue weighted by atomic mass is 32.2. The number of rotatable bonds is 5. The third-order valence-corrected chi connectivity index (χ3v) is 5.51. The van der Waals surface area contributed by atoms with Crippen LogP contribution in [0.4, 0.5) is 15.8 Å². The van der Waals surface area contributed by atoms with Crippen LogP contribution in [0, 0.1) is 12.7 Å². The fraction of sp³-hybridized carbons (Fsp3) is 0.167. The number of anilines is 2. The number of hydrogen-bond donors (Lipinski definition) is 1. The van der Waals surface area contributed by atoms with E-state index in [9.17, 15) is 17.6 Å². The normalized spacial score (nSPS) is 13.7. The molecule has 0 saturated carbocycles. The summed E-state index contributed by atoms with van der Waals surface area (Å²) in [6.07, 6.45) is 0. The first kappa shape index (κ1) is 18.9. The molecule has 150 valence electrons. The van der Waals surface area contributed by atoms with E-state index in [2.05, 4.69) is 14.9 Å². The Morgan fingerprint density at radius 1 is 1.24 bits per heavy atom. The number of fused-ring (bicyclic) bond motifs is 1. The Hall–Kier alpha value is -3.47. The number of halogens is 1. The Morgan fingerprint density at radius 3 is 2.79 bits per heavy atom. The lowest BCUT2D eigenvalue weighted by atomic mass is 10.2. The van der Waals surface area contributed by atoms with Gasteiger partial charge < -0.3 is 9.26 Å². The zero-order valence-electron chi connectivity index (χ0n) is 15.1. The van der Waals surface area contributed by atoms with E-state index in [4.69, 9.17) is 9.26 Å². The molecule has 0 unspecified atom stereocenters. The highest BCUT2D eigenvalue weighted by Crippen LogP contribution is 2.35. The van der Waals surface area contributed by atoms with E-state index in [0.29, 0.717) is 11.6 Å². The van der Waals surface area contributed by atoms with Crippen molar-refractivity contribution in [1.29, 1.82) is 0 Å². The van der Waals surface area contributed by atoms with Gasteiger partial charge in [-0.3, -0.25) is 14.4 Å². The highest BCUT2D eigenvalue weighted by Gasteiger charge is 2.29. The molecule has 0 bridgehead atoms. The number of benzene rings is 2. The lowest BCUT2D eigenvalue weighted by molar-refractivity contribution is -0.121. The van der Waals surface area contributed by atoms with Gasteiger partial charge in [-0.25, -0.2) is 12.8 Å². The summed E-state index contributed by atoms with van der Waals surface area (Å²) in [5.74, 6) is 0.00438. The number of aryl methyl sites for hydroxylation is 1. The van der Waals surface area contributed by atoms with E-state index in [-0.39, 0.29) is 41.2 Å². The van der Waals surface area contributed by atoms with Crippen LogP contribution in [0.1, 0.15) is 11.7 Å². The molecule has 29 heavy (non-hydrogen) atoms. The van der Waals surface area contributed by atoms with Crippen LogP contribution in [0.5, 0.6) is 5.75 Å². The fourth-order valence-electron chi connectivity index (χ4n) is 2.84. The number of aromatic nitrogens is 2. The predicted octanol–water partition coefficient (Wildman–Crippen LogP) is 2.24. The zero-order chi connectivity index (χ0) is 20.6. The number of carbonyl (C=O) groups excluding carboxylic acids is 1. The van der Waals surface area contributed by atoms with Gasteiger partial charge in [-0.2, -0.15) is 4.98 Å². The van der Waals surface area contributed by atoms with Crippen LogP contribution in [0.25, 0.3) is 0 Å². The molecule has 1 amide bonds. The molecule has 0 aliphatic carbocycles. The van der Waals surface area contributed by atoms with E-state index in [1.54, 1.807) is 6.92 Å². The molecule has 9 nitrogen and oxygen atoms in total. The van der Waals surface area contributed by atoms with Gasteiger partial charge in [-0.05, 0) is 36.4 Å². The third kappa shape index (κ3) is 3.90. The van der Waals surface area contributed by atoms with Crippen molar-refractivity contribution in [2.45, 2.75) is 18.4 Å². The molecule has 1 N–H and O–H groups in total. The van der Waals surface area contributed by atoms with Crippen LogP contribution in [0.2, 0.25) is 0 Å². The van der Waals surface area contributed by atoms with E-state index in [0.717, 1.165) is 6.07 Å². The average Bonchev–Trinajstić information content (AvgIpc) is 3.08. The van der Waals surface area contributed by atoms with Gasteiger partial charge >= 0.3 is 0 Å². The standard InChI is InChI=1S/C18H15FN4O5S/c1-11-20-17(21-28-11)9-23-15-8-14(5-6-16(15)27-10-18(23)24)29(25,26)22-13-4-2-3-12(19)7-13/h2-8,22H,9-10H2,1H3. The maximum atomic E-state index is 13.4. The molecule has 1 aliphatic rings. The molecule has 4 rings (SSSR count). The number of nitrogens with one attached hydrogen (secondary N) is 1. The molecule has 0 spiro atoms. The van der Waals surface area contributed by atoms with Crippen molar-refractivity contribution in [2.24, 2.45) is 0 Å². The molecule has 1 aliphatic heterocycles. The minimum absolute atomic E-state index is 0.00659. The number of sulfonamides is 1. The molecule has 0 fully saturated rings. The van der Waals surface area contributed by atoms with Crippen LogP contribution < -0.4 is 14.4 Å². The van der Waals surface area contributed by atoms with Crippen molar-refractivity contribution in [3.8, 4) is 5.75 Å². The van der Waals surface area contributed by atoms with Gasteiger partial charge in [0.2, 0.25) is 5.89 Å². The number of ether oxygens (including phenoxy) is 1. The monoisotopic (exact) mass is 418 g/mol. The molecular weight excluding hydrogens is 403 g/mol. The van der Waals surface area contributed by atoms with Crippen LogP contribution in [-0.2, 0) is 21.4 Å². The van der Waals surface area contributed by atoms with Crippen molar-refractivity contribution >= 4 is 27.3 Å². The zero-order valence-corrected chi connectivity index (χ0v) is 15.9. The molecule has 0 atom stereocenters. The molecule has 0 radical (unpaired) electrons. The van der Waals surface area contributed by atoms with Gasteiger partial charge in [-0.1, -0.05) is 11.2 Å². The maximum Gasteiger partial charge on any atom is 0.265 e. The van der Waals surface area contributed by atoms with Crippen molar-refractivity contribution in [2.75, 3.05) is 16.2 Å². The summed E-state index contributed by atoms with van der Waals surface area (Å²) in [6, 6.07) is 9.19. The Bertz CT molecular complexity index is 1190. The number of nitrogens with zero attached hydrogens (tertiary/aromatic N) is 3. The highest BCUT2D eigenvalue weighted by molar-refractivity contribution is 7.92. The van der Waals surface area contributed by atoms with Crippen molar-refractivity contribution < 1.29 is 26.9 Å². The minimum atomic E-state index is -4.03. The van der Waals surface area contributed by atoms with Crippen LogP contribution in [0.15, 0.2) is 51.9 Å². The van der Waals surface area contributed by atoms with Gasteiger partial charge in [0.05, 0.1) is 22.8 Å². The fourth-order valence-corrected chi connectivity index (χ4v) is 3.90. The van der Waals surface area contributed by atoms with E-state index < -0.39 is 15.8 Å². The summed E-state index contributed by atoms with van der Waals surface area (Å²) in [5.41, 5.74) is 0.333. The predicted molar refractivity (Wildman–Crippen MR) is 99.4 cm³/mol. The largest absolute Gasteiger partial charge is 0.482 e. The summed E-state index contributed by atoms with van der Waals surface area (Å²) < 4.78 is 51.4. The average molecular weight is 418 g/mol. The third-order valence-electron chi connectivity index (χ3n) is 4.13. The SMILES string of the molecule is Cc1nc(CN2C(=O)COc3ccc(S(=O)(=O)Nc4cccc(F)c4)cc32)no1. The lowest BCUT2D eigenvalue weighted by Crippen LogP contribution is -2.38. The quantitative estimate of drug-likeness (QED) is 0.676. The first-order valence-corrected chi connectivity index (χ1v) is 9.95. The minimum Gasteiger partial charge on any atom is -0.482 e. The maximum absolute atomic E-state index is 13.4. The molecule has 1 aromatic heterocycles. The van der Waals surface area contributed by atoms with Gasteiger partial charge in [0.25, 0.3) is 15.9 Å². The number of carbonyl (C=O) groups is 1. The van der Waals surface area contributed by atoms with Gasteiger partial charge in [0.15, 0.2) is 12.4 Å². The Balaban J connectivity index is 1.68. The summed E-state index contributed by atoms with van der Waals surface area (Å²) in [5, 5.41) is 3.77. The molecule has 11 heteroatoms. The van der Waals surface area contributed by atoms with Crippen molar-refractivity contribution in [3.05, 3.63) is 60.0 Å². The second-order valence-electron chi connectivity index (χ2n) is 6.24. The first-order valence-electron chi connectivity index (χ1n) is 8.46.